The van der Waals surface area contributed by atoms with E-state index in [0.717, 1.165) is 11.3 Å². The second kappa shape index (κ2) is 8.76. The Morgan fingerprint density at radius 3 is 2.53 bits per heavy atom. The molecule has 0 saturated carbocycles. The number of carbonyl (C=O) groups excluding carboxylic acids is 1. The molecule has 1 saturated heterocycles. The summed E-state index contributed by atoms with van der Waals surface area (Å²) in [4.78, 5) is 13.0. The number of hydrogen-bond donors (Lipinski definition) is 1. The number of nitrogens with one attached hydrogen (secondary N) is 1. The monoisotopic (exact) mass is 455 g/mol. The average Bonchev–Trinajstić information content (AvgIpc) is 3.37. The van der Waals surface area contributed by atoms with Gasteiger partial charge in [0.25, 0.3) is 0 Å². The number of ether oxygens (including phenoxy) is 1. The molecule has 8 nitrogen and oxygen atoms in total. The fourth-order valence-corrected chi connectivity index (χ4v) is 5.85. The Hall–Kier alpha value is -3.17. The highest BCUT2D eigenvalue weighted by atomic mass is 32.2. The number of aryl methyl sites for hydroxylation is 3. The molecular weight excluding hydrogens is 430 g/mol. The van der Waals surface area contributed by atoms with Gasteiger partial charge in [-0.15, -0.1) is 0 Å². The van der Waals surface area contributed by atoms with Crippen molar-refractivity contribution in [1.82, 2.24) is 9.46 Å². The molecule has 1 N–H and O–H groups in total. The Kier molecular flexibility index (Phi) is 6.03. The molecule has 2 aromatic carbocycles. The van der Waals surface area contributed by atoms with Crippen LogP contribution in [0.25, 0.3) is 0 Å². The third kappa shape index (κ3) is 4.39. The zero-order chi connectivity index (χ0) is 22.9. The molecule has 1 amide bonds. The van der Waals surface area contributed by atoms with Crippen LogP contribution in [-0.2, 0) is 14.8 Å². The summed E-state index contributed by atoms with van der Waals surface area (Å²) in [5.74, 6) is 1.22. The van der Waals surface area contributed by atoms with Gasteiger partial charge in [-0.2, -0.15) is 4.31 Å². The Labute approximate surface area is 187 Å². The van der Waals surface area contributed by atoms with Gasteiger partial charge >= 0.3 is 0 Å². The number of aromatic nitrogens is 1. The molecule has 1 aliphatic rings. The van der Waals surface area contributed by atoms with Gasteiger partial charge in [0.1, 0.15) is 28.1 Å². The first kappa shape index (κ1) is 22.0. The summed E-state index contributed by atoms with van der Waals surface area (Å²) in [6, 6.07) is 13.9. The van der Waals surface area contributed by atoms with Crippen molar-refractivity contribution in [1.29, 1.82) is 0 Å². The largest absolute Gasteiger partial charge is 0.457 e. The van der Waals surface area contributed by atoms with E-state index in [4.69, 9.17) is 9.26 Å². The minimum Gasteiger partial charge on any atom is -0.457 e. The van der Waals surface area contributed by atoms with E-state index < -0.39 is 16.1 Å². The lowest BCUT2D eigenvalue weighted by Crippen LogP contribution is -2.43. The average molecular weight is 456 g/mol. The number of hydrogen-bond acceptors (Lipinski definition) is 6. The molecule has 0 bridgehead atoms. The molecule has 1 atom stereocenters. The SMILES string of the molecule is Cc1cccc(Oc2ccc(NC(=O)[C@@H]3CCCN3S(=O)(=O)c3c(C)noc3C)cc2)c1. The first-order valence-corrected chi connectivity index (χ1v) is 11.8. The van der Waals surface area contributed by atoms with Gasteiger partial charge in [0.2, 0.25) is 15.9 Å². The number of sulfonamides is 1. The van der Waals surface area contributed by atoms with Crippen molar-refractivity contribution in [3.05, 3.63) is 65.5 Å². The highest BCUT2D eigenvalue weighted by Crippen LogP contribution is 2.30. The van der Waals surface area contributed by atoms with Gasteiger partial charge in [0.15, 0.2) is 5.76 Å². The van der Waals surface area contributed by atoms with Crippen LogP contribution in [0.4, 0.5) is 5.69 Å². The summed E-state index contributed by atoms with van der Waals surface area (Å²) < 4.78 is 38.4. The van der Waals surface area contributed by atoms with Crippen molar-refractivity contribution in [2.75, 3.05) is 11.9 Å². The molecule has 0 aliphatic carbocycles. The third-order valence-corrected chi connectivity index (χ3v) is 7.54. The van der Waals surface area contributed by atoms with Crippen molar-refractivity contribution < 1.29 is 22.5 Å². The second-order valence-electron chi connectivity index (χ2n) is 7.86. The van der Waals surface area contributed by atoms with Gasteiger partial charge in [-0.3, -0.25) is 4.79 Å². The molecular formula is C23H25N3O5S. The summed E-state index contributed by atoms with van der Waals surface area (Å²) in [5, 5.41) is 6.56. The zero-order valence-electron chi connectivity index (χ0n) is 18.2. The van der Waals surface area contributed by atoms with Gasteiger partial charge in [0.05, 0.1) is 0 Å². The molecule has 0 radical (unpaired) electrons. The highest BCUT2D eigenvalue weighted by Gasteiger charge is 2.41. The Morgan fingerprint density at radius 1 is 1.12 bits per heavy atom. The van der Waals surface area contributed by atoms with Gasteiger partial charge < -0.3 is 14.6 Å². The number of benzene rings is 2. The van der Waals surface area contributed by atoms with Crippen LogP contribution in [0.5, 0.6) is 11.5 Å². The summed E-state index contributed by atoms with van der Waals surface area (Å²) in [6.45, 7) is 5.39. The number of nitrogens with zero attached hydrogens (tertiary/aromatic N) is 2. The minimum atomic E-state index is -3.89. The van der Waals surface area contributed by atoms with Crippen molar-refractivity contribution in [2.45, 2.75) is 44.6 Å². The van der Waals surface area contributed by atoms with E-state index in [-0.39, 0.29) is 28.8 Å². The van der Waals surface area contributed by atoms with Crippen LogP contribution in [0.15, 0.2) is 57.9 Å². The molecule has 1 aromatic heterocycles. The van der Waals surface area contributed by atoms with Crippen LogP contribution in [-0.4, -0.2) is 36.4 Å². The lowest BCUT2D eigenvalue weighted by molar-refractivity contribution is -0.119. The van der Waals surface area contributed by atoms with Crippen LogP contribution in [0.1, 0.15) is 29.9 Å². The number of rotatable bonds is 6. The van der Waals surface area contributed by atoms with Gasteiger partial charge in [0, 0.05) is 12.2 Å². The Morgan fingerprint density at radius 2 is 1.88 bits per heavy atom. The standard InChI is InChI=1S/C23H25N3O5S/c1-15-6-4-7-20(14-15)30-19-11-9-18(10-12-19)24-23(27)21-8-5-13-26(21)32(28,29)22-16(2)25-31-17(22)3/h4,6-7,9-12,14,21H,5,8,13H2,1-3H3,(H,24,27)/t21-/m0/s1. The van der Waals surface area contributed by atoms with Crippen LogP contribution in [0, 0.1) is 20.8 Å². The number of carbonyl (C=O) groups is 1. The molecule has 1 aliphatic heterocycles. The Bertz CT molecular complexity index is 1220. The third-order valence-electron chi connectivity index (χ3n) is 5.39. The molecule has 9 heteroatoms. The van der Waals surface area contributed by atoms with E-state index in [2.05, 4.69) is 10.5 Å². The zero-order valence-corrected chi connectivity index (χ0v) is 19.0. The Balaban J connectivity index is 1.46. The molecule has 168 valence electrons. The van der Waals surface area contributed by atoms with Gasteiger partial charge in [-0.1, -0.05) is 17.3 Å². The molecule has 3 aromatic rings. The summed E-state index contributed by atoms with van der Waals surface area (Å²) in [5.41, 5.74) is 1.95. The molecule has 0 unspecified atom stereocenters. The predicted molar refractivity (Wildman–Crippen MR) is 119 cm³/mol. The van der Waals surface area contributed by atoms with Crippen molar-refractivity contribution >= 4 is 21.6 Å². The molecule has 4 rings (SSSR count). The van der Waals surface area contributed by atoms with Crippen molar-refractivity contribution in [2.24, 2.45) is 0 Å². The lowest BCUT2D eigenvalue weighted by Gasteiger charge is -2.23. The first-order valence-electron chi connectivity index (χ1n) is 10.4. The summed E-state index contributed by atoms with van der Waals surface area (Å²) in [6.07, 6.45) is 1.05. The van der Waals surface area contributed by atoms with E-state index in [1.54, 1.807) is 38.1 Å². The van der Waals surface area contributed by atoms with E-state index in [1.807, 2.05) is 31.2 Å². The van der Waals surface area contributed by atoms with Gasteiger partial charge in [-0.05, 0) is 75.6 Å². The molecule has 0 spiro atoms. The van der Waals surface area contributed by atoms with Crippen LogP contribution in [0.3, 0.4) is 0 Å². The van der Waals surface area contributed by atoms with E-state index in [1.165, 1.54) is 4.31 Å². The summed E-state index contributed by atoms with van der Waals surface area (Å²) >= 11 is 0. The summed E-state index contributed by atoms with van der Waals surface area (Å²) in [7, 11) is -3.89. The second-order valence-corrected chi connectivity index (χ2v) is 9.69. The van der Waals surface area contributed by atoms with Crippen LogP contribution in [0.2, 0.25) is 0 Å². The lowest BCUT2D eigenvalue weighted by atomic mass is 10.2. The number of anilines is 1. The maximum absolute atomic E-state index is 13.2. The quantitative estimate of drug-likeness (QED) is 0.598. The van der Waals surface area contributed by atoms with Crippen LogP contribution < -0.4 is 10.1 Å². The van der Waals surface area contributed by atoms with E-state index in [0.29, 0.717) is 24.3 Å². The fourth-order valence-electron chi connectivity index (χ4n) is 3.90. The number of amides is 1. The maximum atomic E-state index is 13.2. The topological polar surface area (TPSA) is 102 Å². The smallest absolute Gasteiger partial charge is 0.249 e. The predicted octanol–water partition coefficient (Wildman–Crippen LogP) is 4.18. The highest BCUT2D eigenvalue weighted by molar-refractivity contribution is 7.89. The normalized spacial score (nSPS) is 16.8. The van der Waals surface area contributed by atoms with Gasteiger partial charge in [-0.25, -0.2) is 8.42 Å². The first-order chi connectivity index (χ1) is 15.3. The molecule has 1 fully saturated rings. The van der Waals surface area contributed by atoms with E-state index in [9.17, 15) is 13.2 Å². The maximum Gasteiger partial charge on any atom is 0.249 e. The molecule has 2 heterocycles. The minimum absolute atomic E-state index is 0.0369. The van der Waals surface area contributed by atoms with E-state index >= 15 is 0 Å². The van der Waals surface area contributed by atoms with Crippen LogP contribution >= 0.6 is 0 Å². The fraction of sp³-hybridized carbons (Fsp3) is 0.304. The molecule has 32 heavy (non-hydrogen) atoms. The van der Waals surface area contributed by atoms with Crippen molar-refractivity contribution in [3.63, 3.8) is 0 Å². The van der Waals surface area contributed by atoms with Crippen molar-refractivity contribution in [3.8, 4) is 11.5 Å².